The van der Waals surface area contributed by atoms with E-state index >= 15 is 0 Å². The Morgan fingerprint density at radius 1 is 1.60 bits per heavy atom. The molecule has 88 valence electrons. The fraction of sp³-hybridized carbons (Fsp3) is 0.900. The predicted octanol–water partition coefficient (Wildman–Crippen LogP) is 1.16. The number of piperazine rings is 1. The first-order valence-electron chi connectivity index (χ1n) is 5.19. The maximum atomic E-state index is 12.4. The summed E-state index contributed by atoms with van der Waals surface area (Å²) in [6, 6.07) is -0.258. The number of hydrogen-bond donors (Lipinski definition) is 1. The molecule has 1 N–H and O–H groups in total. The Morgan fingerprint density at radius 2 is 2.27 bits per heavy atom. The van der Waals surface area contributed by atoms with E-state index < -0.39 is 12.3 Å². The van der Waals surface area contributed by atoms with Crippen molar-refractivity contribution in [2.75, 3.05) is 26.3 Å². The summed E-state index contributed by atoms with van der Waals surface area (Å²) in [7, 11) is 0. The zero-order valence-corrected chi connectivity index (χ0v) is 9.55. The molecule has 1 saturated heterocycles. The van der Waals surface area contributed by atoms with Crippen molar-refractivity contribution >= 4 is 6.09 Å². The van der Waals surface area contributed by atoms with Crippen molar-refractivity contribution in [1.29, 1.82) is 0 Å². The number of rotatable bonds is 1. The van der Waals surface area contributed by atoms with Gasteiger partial charge in [0.1, 0.15) is 12.3 Å². The normalized spacial score (nSPS) is 22.7. The van der Waals surface area contributed by atoms with E-state index in [2.05, 4.69) is 5.32 Å². The summed E-state index contributed by atoms with van der Waals surface area (Å²) < 4.78 is 17.6. The Kier molecular flexibility index (Phi) is 3.90. The van der Waals surface area contributed by atoms with E-state index in [0.717, 1.165) is 0 Å². The van der Waals surface area contributed by atoms with Gasteiger partial charge in [-0.2, -0.15) is 0 Å². The monoisotopic (exact) mass is 218 g/mol. The SMILES string of the molecule is CC(C)(C)OC(=O)N1CCNC(CF)C1. The lowest BCUT2D eigenvalue weighted by Gasteiger charge is -2.33. The van der Waals surface area contributed by atoms with Gasteiger partial charge >= 0.3 is 6.09 Å². The van der Waals surface area contributed by atoms with Crippen molar-refractivity contribution in [2.45, 2.75) is 32.4 Å². The van der Waals surface area contributed by atoms with E-state index in [9.17, 15) is 9.18 Å². The topological polar surface area (TPSA) is 41.6 Å². The minimum atomic E-state index is -0.493. The molecular formula is C10H19FN2O2. The molecule has 0 spiro atoms. The number of nitrogens with one attached hydrogen (secondary N) is 1. The second-order valence-corrected chi connectivity index (χ2v) is 4.73. The number of carbonyl (C=O) groups is 1. The van der Waals surface area contributed by atoms with E-state index in [4.69, 9.17) is 4.74 Å². The van der Waals surface area contributed by atoms with E-state index in [1.165, 1.54) is 0 Å². The number of hydrogen-bond acceptors (Lipinski definition) is 3. The molecule has 0 bridgehead atoms. The maximum Gasteiger partial charge on any atom is 0.410 e. The zero-order valence-electron chi connectivity index (χ0n) is 9.55. The second-order valence-electron chi connectivity index (χ2n) is 4.73. The molecule has 1 aliphatic heterocycles. The average molecular weight is 218 g/mol. The lowest BCUT2D eigenvalue weighted by Crippen LogP contribution is -2.54. The molecule has 0 saturated carbocycles. The Morgan fingerprint density at radius 3 is 2.80 bits per heavy atom. The second kappa shape index (κ2) is 4.79. The number of amides is 1. The molecule has 1 amide bonds. The minimum absolute atomic E-state index is 0.258. The van der Waals surface area contributed by atoms with Gasteiger partial charge in [-0.15, -0.1) is 0 Å². The van der Waals surface area contributed by atoms with Crippen LogP contribution in [-0.4, -0.2) is 48.9 Å². The van der Waals surface area contributed by atoms with Gasteiger partial charge in [0.25, 0.3) is 0 Å². The third-order valence-corrected chi connectivity index (χ3v) is 2.09. The lowest BCUT2D eigenvalue weighted by molar-refractivity contribution is 0.0187. The van der Waals surface area contributed by atoms with E-state index in [1.807, 2.05) is 20.8 Å². The van der Waals surface area contributed by atoms with Crippen LogP contribution in [0.1, 0.15) is 20.8 Å². The van der Waals surface area contributed by atoms with Crippen LogP contribution in [0.25, 0.3) is 0 Å². The molecule has 1 rings (SSSR count). The molecule has 0 aromatic carbocycles. The quantitative estimate of drug-likeness (QED) is 0.718. The van der Waals surface area contributed by atoms with Gasteiger partial charge in [0.05, 0.1) is 6.04 Å². The standard InChI is InChI=1S/C10H19FN2O2/c1-10(2,3)15-9(14)13-5-4-12-8(6-11)7-13/h8,12H,4-7H2,1-3H3. The Balaban J connectivity index is 2.45. The van der Waals surface area contributed by atoms with Crippen LogP contribution in [0.5, 0.6) is 0 Å². The Hall–Kier alpha value is -0.840. The van der Waals surface area contributed by atoms with Crippen LogP contribution in [0.4, 0.5) is 9.18 Å². The van der Waals surface area contributed by atoms with E-state index in [0.29, 0.717) is 19.6 Å². The van der Waals surface area contributed by atoms with Gasteiger partial charge in [-0.1, -0.05) is 0 Å². The van der Waals surface area contributed by atoms with Crippen LogP contribution in [0, 0.1) is 0 Å². The summed E-state index contributed by atoms with van der Waals surface area (Å²) in [4.78, 5) is 13.2. The number of nitrogens with zero attached hydrogens (tertiary/aromatic N) is 1. The molecule has 5 heteroatoms. The predicted molar refractivity (Wildman–Crippen MR) is 55.6 cm³/mol. The lowest BCUT2D eigenvalue weighted by atomic mass is 10.2. The molecule has 0 radical (unpaired) electrons. The molecular weight excluding hydrogens is 199 g/mol. The van der Waals surface area contributed by atoms with E-state index in [1.54, 1.807) is 4.90 Å². The third kappa shape index (κ3) is 4.03. The smallest absolute Gasteiger partial charge is 0.410 e. The highest BCUT2D eigenvalue weighted by Crippen LogP contribution is 2.11. The van der Waals surface area contributed by atoms with Crippen LogP contribution in [0.3, 0.4) is 0 Å². The van der Waals surface area contributed by atoms with Gasteiger partial charge in [0, 0.05) is 19.6 Å². The van der Waals surface area contributed by atoms with E-state index in [-0.39, 0.29) is 12.1 Å². The first-order valence-corrected chi connectivity index (χ1v) is 5.19. The molecule has 0 aromatic rings. The van der Waals surface area contributed by atoms with Gasteiger partial charge in [0.2, 0.25) is 0 Å². The van der Waals surface area contributed by atoms with Gasteiger partial charge < -0.3 is 15.0 Å². The van der Waals surface area contributed by atoms with Crippen LogP contribution >= 0.6 is 0 Å². The third-order valence-electron chi connectivity index (χ3n) is 2.09. The summed E-state index contributed by atoms with van der Waals surface area (Å²) in [5.41, 5.74) is -0.493. The summed E-state index contributed by atoms with van der Waals surface area (Å²) in [6.07, 6.45) is -0.359. The molecule has 1 heterocycles. The fourth-order valence-corrected chi connectivity index (χ4v) is 1.42. The summed E-state index contributed by atoms with van der Waals surface area (Å²) in [6.45, 7) is 6.57. The highest BCUT2D eigenvalue weighted by molar-refractivity contribution is 5.68. The Bertz CT molecular complexity index is 228. The van der Waals surface area contributed by atoms with Crippen molar-refractivity contribution in [3.8, 4) is 0 Å². The molecule has 0 aromatic heterocycles. The van der Waals surface area contributed by atoms with Crippen molar-refractivity contribution < 1.29 is 13.9 Å². The highest BCUT2D eigenvalue weighted by Gasteiger charge is 2.26. The summed E-state index contributed by atoms with van der Waals surface area (Å²) in [5, 5.41) is 2.99. The molecule has 1 aliphatic rings. The van der Waals surface area contributed by atoms with Gasteiger partial charge in [-0.25, -0.2) is 9.18 Å². The summed E-state index contributed by atoms with van der Waals surface area (Å²) >= 11 is 0. The molecule has 4 nitrogen and oxygen atoms in total. The van der Waals surface area contributed by atoms with Crippen LogP contribution in [0.15, 0.2) is 0 Å². The van der Waals surface area contributed by atoms with Gasteiger partial charge in [-0.05, 0) is 20.8 Å². The average Bonchev–Trinajstić information content (AvgIpc) is 2.15. The fourth-order valence-electron chi connectivity index (χ4n) is 1.42. The maximum absolute atomic E-state index is 12.4. The molecule has 1 unspecified atom stereocenters. The van der Waals surface area contributed by atoms with Crippen LogP contribution in [0.2, 0.25) is 0 Å². The first kappa shape index (κ1) is 12.2. The molecule has 1 fully saturated rings. The molecule has 15 heavy (non-hydrogen) atoms. The number of carbonyl (C=O) groups excluding carboxylic acids is 1. The van der Waals surface area contributed by atoms with Crippen molar-refractivity contribution in [3.05, 3.63) is 0 Å². The Labute approximate surface area is 89.8 Å². The van der Waals surface area contributed by atoms with Gasteiger partial charge in [0.15, 0.2) is 0 Å². The van der Waals surface area contributed by atoms with Gasteiger partial charge in [-0.3, -0.25) is 0 Å². The van der Waals surface area contributed by atoms with Crippen LogP contribution < -0.4 is 5.32 Å². The van der Waals surface area contributed by atoms with Crippen molar-refractivity contribution in [1.82, 2.24) is 10.2 Å². The first-order chi connectivity index (χ1) is 6.92. The minimum Gasteiger partial charge on any atom is -0.444 e. The zero-order chi connectivity index (χ0) is 11.5. The highest BCUT2D eigenvalue weighted by atomic mass is 19.1. The van der Waals surface area contributed by atoms with Crippen molar-refractivity contribution in [3.63, 3.8) is 0 Å². The number of ether oxygens (including phenoxy) is 1. The number of alkyl halides is 1. The van der Waals surface area contributed by atoms with Crippen molar-refractivity contribution in [2.24, 2.45) is 0 Å². The van der Waals surface area contributed by atoms with Crippen LogP contribution in [-0.2, 0) is 4.74 Å². The molecule has 0 aliphatic carbocycles. The number of halogens is 1. The summed E-state index contributed by atoms with van der Waals surface area (Å²) in [5.74, 6) is 0. The largest absolute Gasteiger partial charge is 0.444 e. The molecule has 1 atom stereocenters.